The molecular formula is C23H33N3O2. The molecule has 0 atom stereocenters. The van der Waals surface area contributed by atoms with Crippen LogP contribution in [0, 0.1) is 10.8 Å². The molecule has 0 aromatic heterocycles. The van der Waals surface area contributed by atoms with Crippen LogP contribution < -0.4 is 5.73 Å². The van der Waals surface area contributed by atoms with E-state index in [2.05, 4.69) is 49.3 Å². The van der Waals surface area contributed by atoms with Crippen LogP contribution in [0.3, 0.4) is 0 Å². The fraction of sp³-hybridized carbons (Fsp3) is 0.652. The van der Waals surface area contributed by atoms with Gasteiger partial charge in [0.05, 0.1) is 5.41 Å². The minimum absolute atomic E-state index is 0.0470. The van der Waals surface area contributed by atoms with Gasteiger partial charge < -0.3 is 10.6 Å². The number of benzene rings is 1. The molecule has 2 N–H and O–H groups in total. The summed E-state index contributed by atoms with van der Waals surface area (Å²) in [5, 5.41) is 0. The van der Waals surface area contributed by atoms with Crippen molar-refractivity contribution in [3.63, 3.8) is 0 Å². The lowest BCUT2D eigenvalue weighted by molar-refractivity contribution is -0.138. The second kappa shape index (κ2) is 6.87. The molecule has 2 saturated carbocycles. The van der Waals surface area contributed by atoms with E-state index in [0.29, 0.717) is 13.0 Å². The molecule has 28 heavy (non-hydrogen) atoms. The minimum atomic E-state index is -0.465. The van der Waals surface area contributed by atoms with Crippen molar-refractivity contribution in [1.29, 1.82) is 0 Å². The number of hydrogen-bond acceptors (Lipinski definition) is 3. The Balaban J connectivity index is 1.48. The predicted octanol–water partition coefficient (Wildman–Crippen LogP) is 2.89. The minimum Gasteiger partial charge on any atom is -0.369 e. The number of carbonyl (C=O) groups is 2. The van der Waals surface area contributed by atoms with Crippen LogP contribution in [0.4, 0.5) is 0 Å². The molecule has 2 amide bonds. The molecule has 5 heteroatoms. The van der Waals surface area contributed by atoms with E-state index in [4.69, 9.17) is 5.73 Å². The topological polar surface area (TPSA) is 66.6 Å². The maximum atomic E-state index is 12.8. The van der Waals surface area contributed by atoms with Gasteiger partial charge in [0.2, 0.25) is 11.8 Å². The number of amides is 2. The van der Waals surface area contributed by atoms with Gasteiger partial charge in [0.25, 0.3) is 0 Å². The quantitative estimate of drug-likeness (QED) is 0.850. The molecule has 5 nitrogen and oxygen atoms in total. The monoisotopic (exact) mass is 383 g/mol. The molecule has 1 saturated heterocycles. The molecule has 1 heterocycles. The standard InChI is InChI=1S/C23H33N3O2/c1-25(2)23(18-7-4-3-5-8-18)13-11-21(12-14-23)15-19(27)26(16-21)17-22(20(24)28)9-6-10-22/h3-5,7-8H,6,9-17H2,1-2H3,(H2,24,28). The summed E-state index contributed by atoms with van der Waals surface area (Å²) in [5.41, 5.74) is 6.70. The summed E-state index contributed by atoms with van der Waals surface area (Å²) in [5.74, 6) is -0.0172. The van der Waals surface area contributed by atoms with Crippen molar-refractivity contribution in [3.05, 3.63) is 35.9 Å². The highest BCUT2D eigenvalue weighted by atomic mass is 16.2. The number of likely N-dealkylation sites (tertiary alicyclic amines) is 1. The van der Waals surface area contributed by atoms with E-state index in [-0.39, 0.29) is 22.8 Å². The number of nitrogens with zero attached hydrogens (tertiary/aromatic N) is 2. The molecule has 1 aromatic carbocycles. The van der Waals surface area contributed by atoms with Crippen LogP contribution in [-0.2, 0) is 15.1 Å². The van der Waals surface area contributed by atoms with Crippen molar-refractivity contribution >= 4 is 11.8 Å². The number of primary amides is 1. The zero-order valence-electron chi connectivity index (χ0n) is 17.2. The van der Waals surface area contributed by atoms with Crippen LogP contribution >= 0.6 is 0 Å². The number of hydrogen-bond donors (Lipinski definition) is 1. The van der Waals surface area contributed by atoms with Crippen LogP contribution in [0.2, 0.25) is 0 Å². The Morgan fingerprint density at radius 1 is 1.07 bits per heavy atom. The molecule has 4 rings (SSSR count). The van der Waals surface area contributed by atoms with E-state index in [9.17, 15) is 9.59 Å². The van der Waals surface area contributed by atoms with Gasteiger partial charge >= 0.3 is 0 Å². The van der Waals surface area contributed by atoms with Crippen molar-refractivity contribution in [2.45, 2.75) is 56.9 Å². The Hall–Kier alpha value is -1.88. The van der Waals surface area contributed by atoms with Gasteiger partial charge in [-0.25, -0.2) is 0 Å². The third kappa shape index (κ3) is 3.04. The Morgan fingerprint density at radius 2 is 1.71 bits per heavy atom. The highest BCUT2D eigenvalue weighted by Crippen LogP contribution is 2.53. The fourth-order valence-corrected chi connectivity index (χ4v) is 5.85. The molecule has 1 aliphatic heterocycles. The third-order valence-electron chi connectivity index (χ3n) is 8.04. The zero-order chi connectivity index (χ0) is 20.0. The average Bonchev–Trinajstić information content (AvgIpc) is 2.94. The normalized spacial score (nSPS) is 32.0. The Morgan fingerprint density at radius 3 is 2.21 bits per heavy atom. The first kappa shape index (κ1) is 19.4. The van der Waals surface area contributed by atoms with Crippen LogP contribution in [0.25, 0.3) is 0 Å². The van der Waals surface area contributed by atoms with Crippen LogP contribution in [0.5, 0.6) is 0 Å². The van der Waals surface area contributed by atoms with Gasteiger partial charge in [-0.2, -0.15) is 0 Å². The van der Waals surface area contributed by atoms with Gasteiger partial charge in [-0.05, 0) is 63.6 Å². The van der Waals surface area contributed by atoms with Gasteiger partial charge in [-0.3, -0.25) is 14.5 Å². The molecule has 1 spiro atoms. The molecular weight excluding hydrogens is 350 g/mol. The van der Waals surface area contributed by atoms with E-state index in [1.165, 1.54) is 5.56 Å². The van der Waals surface area contributed by atoms with Crippen molar-refractivity contribution in [1.82, 2.24) is 9.80 Å². The molecule has 0 radical (unpaired) electrons. The number of nitrogens with two attached hydrogens (primary N) is 1. The highest BCUT2D eigenvalue weighted by molar-refractivity contribution is 5.84. The van der Waals surface area contributed by atoms with Gasteiger partial charge in [-0.15, -0.1) is 0 Å². The van der Waals surface area contributed by atoms with Crippen molar-refractivity contribution < 1.29 is 9.59 Å². The first-order chi connectivity index (χ1) is 13.3. The summed E-state index contributed by atoms with van der Waals surface area (Å²) in [4.78, 5) is 29.1. The van der Waals surface area contributed by atoms with Crippen molar-refractivity contribution in [2.24, 2.45) is 16.6 Å². The summed E-state index contributed by atoms with van der Waals surface area (Å²) >= 11 is 0. The molecule has 1 aromatic rings. The smallest absolute Gasteiger partial charge is 0.225 e. The summed E-state index contributed by atoms with van der Waals surface area (Å²) in [6, 6.07) is 10.8. The van der Waals surface area contributed by atoms with Gasteiger partial charge in [0.1, 0.15) is 0 Å². The van der Waals surface area contributed by atoms with E-state index in [1.807, 2.05) is 4.90 Å². The fourth-order valence-electron chi connectivity index (χ4n) is 5.85. The maximum Gasteiger partial charge on any atom is 0.225 e. The zero-order valence-corrected chi connectivity index (χ0v) is 17.2. The van der Waals surface area contributed by atoms with Crippen LogP contribution in [-0.4, -0.2) is 48.8 Å². The first-order valence-corrected chi connectivity index (χ1v) is 10.6. The van der Waals surface area contributed by atoms with Gasteiger partial charge in [0.15, 0.2) is 0 Å². The molecule has 0 bridgehead atoms. The molecule has 3 fully saturated rings. The van der Waals surface area contributed by atoms with Crippen molar-refractivity contribution in [3.8, 4) is 0 Å². The van der Waals surface area contributed by atoms with E-state index in [1.54, 1.807) is 0 Å². The second-order valence-electron chi connectivity index (χ2n) is 9.72. The van der Waals surface area contributed by atoms with E-state index in [0.717, 1.165) is 51.5 Å². The lowest BCUT2D eigenvalue weighted by Gasteiger charge is -2.49. The second-order valence-corrected chi connectivity index (χ2v) is 9.72. The summed E-state index contributed by atoms with van der Waals surface area (Å²) in [7, 11) is 4.34. The Labute approximate surface area is 168 Å². The third-order valence-corrected chi connectivity index (χ3v) is 8.04. The van der Waals surface area contributed by atoms with E-state index < -0.39 is 5.41 Å². The summed E-state index contributed by atoms with van der Waals surface area (Å²) in [6.07, 6.45) is 7.54. The maximum absolute atomic E-state index is 12.8. The summed E-state index contributed by atoms with van der Waals surface area (Å²) in [6.45, 7) is 1.32. The SMILES string of the molecule is CN(C)C1(c2ccccc2)CCC2(CC1)CC(=O)N(CC1(C(N)=O)CCC1)C2. The average molecular weight is 384 g/mol. The van der Waals surface area contributed by atoms with Crippen molar-refractivity contribution in [2.75, 3.05) is 27.2 Å². The van der Waals surface area contributed by atoms with E-state index >= 15 is 0 Å². The number of rotatable bonds is 5. The Kier molecular flexibility index (Phi) is 4.77. The predicted molar refractivity (Wildman–Crippen MR) is 109 cm³/mol. The highest BCUT2D eigenvalue weighted by Gasteiger charge is 2.52. The molecule has 2 aliphatic carbocycles. The summed E-state index contributed by atoms with van der Waals surface area (Å²) < 4.78 is 0. The largest absolute Gasteiger partial charge is 0.369 e. The molecule has 0 unspecified atom stereocenters. The number of carbonyl (C=O) groups excluding carboxylic acids is 2. The van der Waals surface area contributed by atoms with Gasteiger partial charge in [-0.1, -0.05) is 36.8 Å². The van der Waals surface area contributed by atoms with Gasteiger partial charge in [0, 0.05) is 25.0 Å². The van der Waals surface area contributed by atoms with Crippen LogP contribution in [0.1, 0.15) is 56.9 Å². The Bertz CT molecular complexity index is 746. The first-order valence-electron chi connectivity index (χ1n) is 10.6. The lowest BCUT2D eigenvalue weighted by atomic mass is 9.64. The molecule has 3 aliphatic rings. The molecule has 152 valence electrons. The van der Waals surface area contributed by atoms with Crippen LogP contribution in [0.15, 0.2) is 30.3 Å². The lowest BCUT2D eigenvalue weighted by Crippen LogP contribution is -2.51.